The summed E-state index contributed by atoms with van der Waals surface area (Å²) in [6.07, 6.45) is 7.27. The lowest BCUT2D eigenvalue weighted by Crippen LogP contribution is -2.43. The van der Waals surface area contributed by atoms with E-state index in [1.165, 1.54) is 25.7 Å². The van der Waals surface area contributed by atoms with Crippen molar-refractivity contribution >= 4 is 0 Å². The van der Waals surface area contributed by atoms with Crippen molar-refractivity contribution in [3.05, 3.63) is 35.4 Å². The molecule has 0 atom stereocenters. The summed E-state index contributed by atoms with van der Waals surface area (Å²) in [6, 6.07) is 7.95. The Labute approximate surface area is 128 Å². The molecule has 1 fully saturated rings. The summed E-state index contributed by atoms with van der Waals surface area (Å²) >= 11 is 0. The highest BCUT2D eigenvalue weighted by molar-refractivity contribution is 5.21. The first-order valence-corrected chi connectivity index (χ1v) is 8.24. The molecule has 0 unspecified atom stereocenters. The van der Waals surface area contributed by atoms with Gasteiger partial charge in [-0.3, -0.25) is 0 Å². The Bertz CT molecular complexity index is 408. The van der Waals surface area contributed by atoms with E-state index >= 15 is 0 Å². The van der Waals surface area contributed by atoms with Gasteiger partial charge >= 0.3 is 0 Å². The van der Waals surface area contributed by atoms with E-state index in [4.69, 9.17) is 15.6 Å². The van der Waals surface area contributed by atoms with Gasteiger partial charge < -0.3 is 15.6 Å². The van der Waals surface area contributed by atoms with Crippen molar-refractivity contribution in [3.63, 3.8) is 0 Å². The van der Waals surface area contributed by atoms with E-state index in [-0.39, 0.29) is 12.2 Å². The highest BCUT2D eigenvalue weighted by Gasteiger charge is 2.34. The molecule has 21 heavy (non-hydrogen) atoms. The van der Waals surface area contributed by atoms with Gasteiger partial charge in [0.25, 0.3) is 0 Å². The SMILES string of the molecule is CCCC1CCC(CN)(OCc2ccc(CO)cc2)CC1. The highest BCUT2D eigenvalue weighted by Crippen LogP contribution is 2.36. The molecule has 3 heteroatoms. The van der Waals surface area contributed by atoms with Crippen molar-refractivity contribution < 1.29 is 9.84 Å². The van der Waals surface area contributed by atoms with E-state index in [1.54, 1.807) is 0 Å². The number of ether oxygens (including phenoxy) is 1. The molecule has 0 amide bonds. The first kappa shape index (κ1) is 16.5. The monoisotopic (exact) mass is 291 g/mol. The Balaban J connectivity index is 1.87. The van der Waals surface area contributed by atoms with Gasteiger partial charge in [0.1, 0.15) is 0 Å². The van der Waals surface area contributed by atoms with E-state index in [0.717, 1.165) is 29.9 Å². The summed E-state index contributed by atoms with van der Waals surface area (Å²) in [5.41, 5.74) is 7.97. The molecule has 0 radical (unpaired) electrons. The molecule has 1 saturated carbocycles. The minimum atomic E-state index is -0.125. The van der Waals surface area contributed by atoms with Crippen molar-refractivity contribution in [2.24, 2.45) is 11.7 Å². The van der Waals surface area contributed by atoms with Gasteiger partial charge in [0, 0.05) is 6.54 Å². The molecular formula is C18H29NO2. The molecule has 0 saturated heterocycles. The van der Waals surface area contributed by atoms with E-state index in [1.807, 2.05) is 24.3 Å². The van der Waals surface area contributed by atoms with Crippen LogP contribution in [0.4, 0.5) is 0 Å². The molecule has 1 aliphatic carbocycles. The van der Waals surface area contributed by atoms with Gasteiger partial charge in [-0.15, -0.1) is 0 Å². The zero-order valence-corrected chi connectivity index (χ0v) is 13.2. The average molecular weight is 291 g/mol. The van der Waals surface area contributed by atoms with Crippen LogP contribution < -0.4 is 5.73 Å². The number of rotatable bonds is 7. The van der Waals surface area contributed by atoms with E-state index in [9.17, 15) is 0 Å². The maximum absolute atomic E-state index is 9.06. The Morgan fingerprint density at radius 3 is 2.33 bits per heavy atom. The van der Waals surface area contributed by atoms with Gasteiger partial charge in [-0.05, 0) is 42.7 Å². The van der Waals surface area contributed by atoms with Crippen LogP contribution in [-0.2, 0) is 18.0 Å². The van der Waals surface area contributed by atoms with Crippen LogP contribution in [0.1, 0.15) is 56.6 Å². The molecule has 0 heterocycles. The topological polar surface area (TPSA) is 55.5 Å². The summed E-state index contributed by atoms with van der Waals surface area (Å²) in [5, 5.41) is 9.06. The van der Waals surface area contributed by atoms with Crippen molar-refractivity contribution in [3.8, 4) is 0 Å². The van der Waals surface area contributed by atoms with Crippen LogP contribution in [0.5, 0.6) is 0 Å². The van der Waals surface area contributed by atoms with Crippen molar-refractivity contribution in [2.75, 3.05) is 6.54 Å². The van der Waals surface area contributed by atoms with Gasteiger partial charge in [-0.2, -0.15) is 0 Å². The van der Waals surface area contributed by atoms with Gasteiger partial charge in [0.2, 0.25) is 0 Å². The fraction of sp³-hybridized carbons (Fsp3) is 0.667. The summed E-state index contributed by atoms with van der Waals surface area (Å²) in [5.74, 6) is 0.863. The molecular weight excluding hydrogens is 262 g/mol. The molecule has 2 rings (SSSR count). The zero-order chi connectivity index (χ0) is 15.1. The predicted molar refractivity (Wildman–Crippen MR) is 85.8 cm³/mol. The number of nitrogens with two attached hydrogens (primary N) is 1. The van der Waals surface area contributed by atoms with Gasteiger partial charge in [0.15, 0.2) is 0 Å². The smallest absolute Gasteiger partial charge is 0.0808 e. The Hall–Kier alpha value is -0.900. The maximum atomic E-state index is 9.06. The van der Waals surface area contributed by atoms with E-state index in [0.29, 0.717) is 13.2 Å². The standard InChI is InChI=1S/C18H29NO2/c1-2-3-15-8-10-18(14-19,11-9-15)21-13-17-6-4-16(12-20)5-7-17/h4-7,15,20H,2-3,8-14,19H2,1H3. The van der Waals surface area contributed by atoms with E-state index < -0.39 is 0 Å². The third-order valence-electron chi connectivity index (χ3n) is 4.84. The molecule has 1 aromatic carbocycles. The lowest BCUT2D eigenvalue weighted by atomic mass is 9.77. The molecule has 3 N–H and O–H groups in total. The molecule has 3 nitrogen and oxygen atoms in total. The quantitative estimate of drug-likeness (QED) is 0.809. The minimum Gasteiger partial charge on any atom is -0.392 e. The molecule has 1 aromatic rings. The Kier molecular flexibility index (Phi) is 6.22. The molecule has 0 aliphatic heterocycles. The van der Waals surface area contributed by atoms with Crippen LogP contribution in [0.15, 0.2) is 24.3 Å². The molecule has 118 valence electrons. The first-order valence-electron chi connectivity index (χ1n) is 8.24. The predicted octanol–water partition coefficient (Wildman–Crippen LogP) is 3.38. The van der Waals surface area contributed by atoms with Crippen LogP contribution in [0.3, 0.4) is 0 Å². The number of aliphatic hydroxyl groups is 1. The molecule has 1 aliphatic rings. The van der Waals surface area contributed by atoms with Crippen LogP contribution in [-0.4, -0.2) is 17.3 Å². The van der Waals surface area contributed by atoms with Crippen molar-refractivity contribution in [1.29, 1.82) is 0 Å². The fourth-order valence-corrected chi connectivity index (χ4v) is 3.29. The number of aliphatic hydroxyl groups excluding tert-OH is 1. The number of hydrogen-bond donors (Lipinski definition) is 2. The van der Waals surface area contributed by atoms with Gasteiger partial charge in [0.05, 0.1) is 18.8 Å². The average Bonchev–Trinajstić information content (AvgIpc) is 2.55. The highest BCUT2D eigenvalue weighted by atomic mass is 16.5. The normalized spacial score (nSPS) is 26.0. The fourth-order valence-electron chi connectivity index (χ4n) is 3.29. The number of benzene rings is 1. The largest absolute Gasteiger partial charge is 0.392 e. The second-order valence-corrected chi connectivity index (χ2v) is 6.38. The second kappa shape index (κ2) is 7.92. The van der Waals surface area contributed by atoms with Gasteiger partial charge in [-0.1, -0.05) is 44.0 Å². The lowest BCUT2D eigenvalue weighted by molar-refractivity contribution is -0.0816. The maximum Gasteiger partial charge on any atom is 0.0808 e. The van der Waals surface area contributed by atoms with Crippen molar-refractivity contribution in [2.45, 2.75) is 64.3 Å². The van der Waals surface area contributed by atoms with Crippen LogP contribution >= 0.6 is 0 Å². The van der Waals surface area contributed by atoms with E-state index in [2.05, 4.69) is 6.92 Å². The summed E-state index contributed by atoms with van der Waals surface area (Å²) in [4.78, 5) is 0. The van der Waals surface area contributed by atoms with Gasteiger partial charge in [-0.25, -0.2) is 0 Å². The molecule has 0 aromatic heterocycles. The summed E-state index contributed by atoms with van der Waals surface area (Å²) in [6.45, 7) is 3.58. The zero-order valence-electron chi connectivity index (χ0n) is 13.2. The first-order chi connectivity index (χ1) is 10.2. The number of hydrogen-bond acceptors (Lipinski definition) is 3. The Morgan fingerprint density at radius 2 is 1.81 bits per heavy atom. The molecule has 0 spiro atoms. The third kappa shape index (κ3) is 4.53. The Morgan fingerprint density at radius 1 is 1.19 bits per heavy atom. The summed E-state index contributed by atoms with van der Waals surface area (Å²) in [7, 11) is 0. The van der Waals surface area contributed by atoms with Crippen LogP contribution in [0.2, 0.25) is 0 Å². The summed E-state index contributed by atoms with van der Waals surface area (Å²) < 4.78 is 6.22. The second-order valence-electron chi connectivity index (χ2n) is 6.38. The van der Waals surface area contributed by atoms with Crippen LogP contribution in [0.25, 0.3) is 0 Å². The minimum absolute atomic E-state index is 0.0900. The molecule has 0 bridgehead atoms. The van der Waals surface area contributed by atoms with Crippen molar-refractivity contribution in [1.82, 2.24) is 0 Å². The van der Waals surface area contributed by atoms with Crippen LogP contribution in [0, 0.1) is 5.92 Å². The lowest BCUT2D eigenvalue weighted by Gasteiger charge is -2.39. The third-order valence-corrected chi connectivity index (χ3v) is 4.84.